The third-order valence-corrected chi connectivity index (χ3v) is 3.35. The molecule has 0 amide bonds. The van der Waals surface area contributed by atoms with Gasteiger partial charge in [-0.3, -0.25) is 9.97 Å². The molecular formula is C17H17N3. The monoisotopic (exact) mass is 263 g/mol. The van der Waals surface area contributed by atoms with E-state index in [1.54, 1.807) is 6.20 Å². The minimum Gasteiger partial charge on any atom is -0.327 e. The molecule has 0 radical (unpaired) electrons. The van der Waals surface area contributed by atoms with Crippen molar-refractivity contribution >= 4 is 10.9 Å². The fourth-order valence-electron chi connectivity index (χ4n) is 2.38. The first-order valence-corrected chi connectivity index (χ1v) is 6.80. The molecular weight excluding hydrogens is 246 g/mol. The molecule has 0 bridgehead atoms. The Hall–Kier alpha value is -2.26. The van der Waals surface area contributed by atoms with Crippen molar-refractivity contribution in [1.82, 2.24) is 9.97 Å². The molecule has 0 saturated heterocycles. The second-order valence-electron chi connectivity index (χ2n) is 5.02. The van der Waals surface area contributed by atoms with Crippen LogP contribution in [0.25, 0.3) is 10.9 Å². The number of nitrogens with zero attached hydrogens (tertiary/aromatic N) is 2. The molecule has 2 heterocycles. The Morgan fingerprint density at radius 3 is 2.70 bits per heavy atom. The molecule has 0 saturated carbocycles. The average molecular weight is 263 g/mol. The van der Waals surface area contributed by atoms with Crippen LogP contribution < -0.4 is 5.73 Å². The van der Waals surface area contributed by atoms with Crippen LogP contribution in [0.1, 0.15) is 11.3 Å². The van der Waals surface area contributed by atoms with Crippen LogP contribution >= 0.6 is 0 Å². The van der Waals surface area contributed by atoms with E-state index in [-0.39, 0.29) is 6.04 Å². The number of nitrogens with two attached hydrogens (primary N) is 1. The number of rotatable bonds is 4. The van der Waals surface area contributed by atoms with Crippen molar-refractivity contribution in [2.45, 2.75) is 18.9 Å². The number of hydrogen-bond donors (Lipinski definition) is 1. The van der Waals surface area contributed by atoms with Crippen LogP contribution in [0, 0.1) is 0 Å². The first-order valence-electron chi connectivity index (χ1n) is 6.80. The molecule has 0 spiro atoms. The molecule has 3 aromatic rings. The third kappa shape index (κ3) is 3.00. The first kappa shape index (κ1) is 12.8. The van der Waals surface area contributed by atoms with Crippen molar-refractivity contribution in [2.75, 3.05) is 0 Å². The van der Waals surface area contributed by atoms with Crippen LogP contribution in [0.15, 0.2) is 60.9 Å². The van der Waals surface area contributed by atoms with E-state index in [4.69, 9.17) is 5.73 Å². The molecule has 3 heteroatoms. The van der Waals surface area contributed by atoms with Crippen LogP contribution in [0.5, 0.6) is 0 Å². The van der Waals surface area contributed by atoms with E-state index in [2.05, 4.69) is 34.2 Å². The van der Waals surface area contributed by atoms with Crippen LogP contribution in [0.4, 0.5) is 0 Å². The van der Waals surface area contributed by atoms with Gasteiger partial charge in [0.15, 0.2) is 0 Å². The third-order valence-electron chi connectivity index (χ3n) is 3.35. The molecule has 0 aliphatic heterocycles. The van der Waals surface area contributed by atoms with Gasteiger partial charge in [0.25, 0.3) is 0 Å². The molecule has 0 fully saturated rings. The summed E-state index contributed by atoms with van der Waals surface area (Å²) in [5.41, 5.74) is 9.45. The molecule has 3 rings (SSSR count). The summed E-state index contributed by atoms with van der Waals surface area (Å²) in [7, 11) is 0. The lowest BCUT2D eigenvalue weighted by Gasteiger charge is -2.11. The Morgan fingerprint density at radius 2 is 1.85 bits per heavy atom. The number of hydrogen-bond acceptors (Lipinski definition) is 3. The quantitative estimate of drug-likeness (QED) is 0.787. The summed E-state index contributed by atoms with van der Waals surface area (Å²) in [4.78, 5) is 8.78. The lowest BCUT2D eigenvalue weighted by atomic mass is 10.0. The van der Waals surface area contributed by atoms with Gasteiger partial charge in [-0.05, 0) is 30.2 Å². The zero-order valence-electron chi connectivity index (χ0n) is 11.2. The van der Waals surface area contributed by atoms with E-state index in [1.807, 2.05) is 30.5 Å². The molecule has 1 aromatic carbocycles. The summed E-state index contributed by atoms with van der Waals surface area (Å²) in [5, 5.41) is 1.16. The highest BCUT2D eigenvalue weighted by molar-refractivity contribution is 5.78. The van der Waals surface area contributed by atoms with Crippen molar-refractivity contribution in [3.63, 3.8) is 0 Å². The van der Waals surface area contributed by atoms with Gasteiger partial charge < -0.3 is 5.73 Å². The van der Waals surface area contributed by atoms with Crippen LogP contribution in [-0.4, -0.2) is 16.0 Å². The van der Waals surface area contributed by atoms with Gasteiger partial charge in [0.2, 0.25) is 0 Å². The fourth-order valence-corrected chi connectivity index (χ4v) is 2.38. The van der Waals surface area contributed by atoms with E-state index in [0.717, 1.165) is 29.4 Å². The van der Waals surface area contributed by atoms with Gasteiger partial charge in [-0.2, -0.15) is 0 Å². The second kappa shape index (κ2) is 5.80. The van der Waals surface area contributed by atoms with E-state index >= 15 is 0 Å². The molecule has 2 N–H and O–H groups in total. The summed E-state index contributed by atoms with van der Waals surface area (Å²) < 4.78 is 0. The topological polar surface area (TPSA) is 51.8 Å². The van der Waals surface area contributed by atoms with Gasteiger partial charge in [0, 0.05) is 35.9 Å². The van der Waals surface area contributed by atoms with E-state index < -0.39 is 0 Å². The Morgan fingerprint density at radius 1 is 0.950 bits per heavy atom. The van der Waals surface area contributed by atoms with E-state index in [9.17, 15) is 0 Å². The van der Waals surface area contributed by atoms with Gasteiger partial charge in [-0.25, -0.2) is 0 Å². The summed E-state index contributed by atoms with van der Waals surface area (Å²) in [6.45, 7) is 0. The number of benzene rings is 1. The predicted molar refractivity (Wildman–Crippen MR) is 81.4 cm³/mol. The van der Waals surface area contributed by atoms with Crippen molar-refractivity contribution < 1.29 is 0 Å². The van der Waals surface area contributed by atoms with Crippen molar-refractivity contribution in [1.29, 1.82) is 0 Å². The average Bonchev–Trinajstić information content (AvgIpc) is 2.48. The van der Waals surface area contributed by atoms with E-state index in [0.29, 0.717) is 0 Å². The lowest BCUT2D eigenvalue weighted by molar-refractivity contribution is 0.654. The Bertz CT molecular complexity index is 695. The highest BCUT2D eigenvalue weighted by Crippen LogP contribution is 2.13. The van der Waals surface area contributed by atoms with E-state index in [1.165, 1.54) is 5.56 Å². The molecule has 0 aliphatic rings. The summed E-state index contributed by atoms with van der Waals surface area (Å²) in [5.74, 6) is 0. The predicted octanol–water partition coefficient (Wildman–Crippen LogP) is 2.74. The van der Waals surface area contributed by atoms with Crippen molar-refractivity contribution in [3.8, 4) is 0 Å². The minimum atomic E-state index is 0.0628. The second-order valence-corrected chi connectivity index (χ2v) is 5.02. The van der Waals surface area contributed by atoms with Crippen LogP contribution in [0.3, 0.4) is 0 Å². The molecule has 1 atom stereocenters. The molecule has 3 nitrogen and oxygen atoms in total. The van der Waals surface area contributed by atoms with Gasteiger partial charge in [-0.15, -0.1) is 0 Å². The van der Waals surface area contributed by atoms with Crippen LogP contribution in [0.2, 0.25) is 0 Å². The van der Waals surface area contributed by atoms with Crippen molar-refractivity contribution in [2.24, 2.45) is 5.73 Å². The van der Waals surface area contributed by atoms with Gasteiger partial charge in [-0.1, -0.05) is 30.3 Å². The fraction of sp³-hybridized carbons (Fsp3) is 0.176. The van der Waals surface area contributed by atoms with Gasteiger partial charge in [0.05, 0.1) is 5.52 Å². The highest BCUT2D eigenvalue weighted by atomic mass is 14.7. The minimum absolute atomic E-state index is 0.0628. The summed E-state index contributed by atoms with van der Waals surface area (Å²) in [6, 6.07) is 16.4. The lowest BCUT2D eigenvalue weighted by Crippen LogP contribution is -2.26. The maximum atomic E-state index is 6.21. The molecule has 100 valence electrons. The van der Waals surface area contributed by atoms with Crippen LogP contribution in [-0.2, 0) is 12.8 Å². The summed E-state index contributed by atoms with van der Waals surface area (Å²) >= 11 is 0. The molecule has 20 heavy (non-hydrogen) atoms. The first-order chi connectivity index (χ1) is 9.81. The number of fused-ring (bicyclic) bond motifs is 1. The van der Waals surface area contributed by atoms with Crippen molar-refractivity contribution in [3.05, 3.63) is 72.2 Å². The Kier molecular flexibility index (Phi) is 3.70. The zero-order valence-corrected chi connectivity index (χ0v) is 11.2. The maximum Gasteiger partial charge on any atom is 0.0705 e. The number of aromatic nitrogens is 2. The zero-order chi connectivity index (χ0) is 13.8. The molecule has 1 unspecified atom stereocenters. The normalized spacial score (nSPS) is 12.4. The van der Waals surface area contributed by atoms with Gasteiger partial charge >= 0.3 is 0 Å². The standard InChI is InChI=1S/C17H17N3/c18-15(10-13-4-3-9-19-12-13)11-16-8-7-14-5-1-2-6-17(14)20-16/h1-9,12,15H,10-11,18H2. The largest absolute Gasteiger partial charge is 0.327 e. The smallest absolute Gasteiger partial charge is 0.0705 e. The van der Waals surface area contributed by atoms with Gasteiger partial charge in [0.1, 0.15) is 0 Å². The number of para-hydroxylation sites is 1. The SMILES string of the molecule is NC(Cc1cccnc1)Cc1ccc2ccccc2n1. The molecule has 0 aliphatic carbocycles. The molecule has 2 aromatic heterocycles. The maximum absolute atomic E-state index is 6.21. The Balaban J connectivity index is 1.72. The highest BCUT2D eigenvalue weighted by Gasteiger charge is 2.07. The Labute approximate surface area is 118 Å². The number of pyridine rings is 2. The summed E-state index contributed by atoms with van der Waals surface area (Å²) in [6.07, 6.45) is 5.25.